The van der Waals surface area contributed by atoms with Gasteiger partial charge in [-0.2, -0.15) is 11.8 Å². The van der Waals surface area contributed by atoms with Crippen LogP contribution in [0.4, 0.5) is 14.5 Å². The Morgan fingerprint density at radius 3 is 2.68 bits per heavy atom. The van der Waals surface area contributed by atoms with Crippen LogP contribution in [0.5, 0.6) is 0 Å². The Labute approximate surface area is 140 Å². The minimum Gasteiger partial charge on any atom is -0.362 e. The van der Waals surface area contributed by atoms with E-state index in [1.54, 1.807) is 0 Å². The molecule has 2 rings (SSSR count). The van der Waals surface area contributed by atoms with Crippen molar-refractivity contribution in [3.63, 3.8) is 0 Å². The van der Waals surface area contributed by atoms with Crippen LogP contribution >= 0.6 is 24.0 Å². The molecule has 0 spiro atoms. The SMILES string of the molecule is Fc1ccc(NC(=S)NCCCSC2CCCCC2)cc1F. The van der Waals surface area contributed by atoms with Crippen molar-refractivity contribution in [2.75, 3.05) is 17.6 Å². The molecule has 0 atom stereocenters. The molecule has 0 heterocycles. The summed E-state index contributed by atoms with van der Waals surface area (Å²) in [6.07, 6.45) is 7.89. The first-order valence-corrected chi connectivity index (χ1v) is 9.22. The number of nitrogens with one attached hydrogen (secondary N) is 2. The average molecular weight is 344 g/mol. The van der Waals surface area contributed by atoms with E-state index in [2.05, 4.69) is 22.4 Å². The number of thiocarbonyl (C=S) groups is 1. The van der Waals surface area contributed by atoms with Crippen LogP contribution in [-0.2, 0) is 0 Å². The molecule has 0 saturated heterocycles. The molecule has 1 fully saturated rings. The summed E-state index contributed by atoms with van der Waals surface area (Å²) < 4.78 is 25.9. The van der Waals surface area contributed by atoms with E-state index < -0.39 is 11.6 Å². The van der Waals surface area contributed by atoms with Crippen LogP contribution in [0.15, 0.2) is 18.2 Å². The quantitative estimate of drug-likeness (QED) is 0.577. The number of benzene rings is 1. The number of hydrogen-bond acceptors (Lipinski definition) is 2. The molecule has 1 aliphatic rings. The number of halogens is 2. The molecule has 1 aliphatic carbocycles. The van der Waals surface area contributed by atoms with Crippen LogP contribution in [0.2, 0.25) is 0 Å². The minimum absolute atomic E-state index is 0.439. The third-order valence-corrected chi connectivity index (χ3v) is 5.40. The first-order valence-electron chi connectivity index (χ1n) is 7.76. The Balaban J connectivity index is 1.58. The molecule has 2 N–H and O–H groups in total. The molecule has 22 heavy (non-hydrogen) atoms. The lowest BCUT2D eigenvalue weighted by Gasteiger charge is -2.20. The lowest BCUT2D eigenvalue weighted by atomic mass is 10.0. The van der Waals surface area contributed by atoms with E-state index in [9.17, 15) is 8.78 Å². The highest BCUT2D eigenvalue weighted by Gasteiger charge is 2.12. The molecule has 1 aromatic rings. The summed E-state index contributed by atoms with van der Waals surface area (Å²) in [6.45, 7) is 0.787. The van der Waals surface area contributed by atoms with Gasteiger partial charge in [-0.25, -0.2) is 8.78 Å². The van der Waals surface area contributed by atoms with E-state index in [1.165, 1.54) is 38.2 Å². The van der Waals surface area contributed by atoms with Gasteiger partial charge in [-0.05, 0) is 49.4 Å². The van der Waals surface area contributed by atoms with Gasteiger partial charge in [-0.15, -0.1) is 0 Å². The lowest BCUT2D eigenvalue weighted by molar-refractivity contribution is 0.509. The third-order valence-electron chi connectivity index (χ3n) is 3.69. The smallest absolute Gasteiger partial charge is 0.170 e. The predicted molar refractivity (Wildman–Crippen MR) is 94.5 cm³/mol. The predicted octanol–water partition coefficient (Wildman–Crippen LogP) is 4.71. The monoisotopic (exact) mass is 344 g/mol. The maximum absolute atomic E-state index is 13.1. The molecule has 1 aromatic carbocycles. The number of anilines is 1. The molecule has 0 bridgehead atoms. The second-order valence-corrected chi connectivity index (χ2v) is 7.31. The van der Waals surface area contributed by atoms with Crippen LogP contribution in [0.1, 0.15) is 38.5 Å². The Hall–Kier alpha value is -0.880. The topological polar surface area (TPSA) is 24.1 Å². The van der Waals surface area contributed by atoms with E-state index in [0.29, 0.717) is 10.8 Å². The summed E-state index contributed by atoms with van der Waals surface area (Å²) in [5, 5.41) is 7.22. The van der Waals surface area contributed by atoms with Crippen molar-refractivity contribution in [1.29, 1.82) is 0 Å². The van der Waals surface area contributed by atoms with E-state index >= 15 is 0 Å². The highest BCUT2D eigenvalue weighted by molar-refractivity contribution is 7.99. The van der Waals surface area contributed by atoms with E-state index in [1.807, 2.05) is 0 Å². The van der Waals surface area contributed by atoms with Gasteiger partial charge in [-0.1, -0.05) is 19.3 Å². The van der Waals surface area contributed by atoms with Gasteiger partial charge >= 0.3 is 0 Å². The first-order chi connectivity index (χ1) is 10.6. The summed E-state index contributed by atoms with van der Waals surface area (Å²) in [5.41, 5.74) is 0.452. The van der Waals surface area contributed by atoms with Crippen molar-refractivity contribution in [3.8, 4) is 0 Å². The molecule has 0 unspecified atom stereocenters. The molecule has 0 amide bonds. The summed E-state index contributed by atoms with van der Waals surface area (Å²) in [4.78, 5) is 0. The number of rotatable bonds is 6. The minimum atomic E-state index is -0.878. The molecule has 2 nitrogen and oxygen atoms in total. The van der Waals surface area contributed by atoms with Crippen molar-refractivity contribution in [2.45, 2.75) is 43.8 Å². The molecular weight excluding hydrogens is 322 g/mol. The van der Waals surface area contributed by atoms with Gasteiger partial charge in [0.05, 0.1) is 0 Å². The van der Waals surface area contributed by atoms with Crippen molar-refractivity contribution in [2.24, 2.45) is 0 Å². The summed E-state index contributed by atoms with van der Waals surface area (Å²) in [6, 6.07) is 3.65. The molecular formula is C16H22F2N2S2. The normalized spacial score (nSPS) is 15.5. The molecule has 122 valence electrons. The zero-order chi connectivity index (χ0) is 15.8. The maximum Gasteiger partial charge on any atom is 0.170 e. The maximum atomic E-state index is 13.1. The number of thioether (sulfide) groups is 1. The van der Waals surface area contributed by atoms with Gasteiger partial charge in [0, 0.05) is 23.5 Å². The fourth-order valence-electron chi connectivity index (χ4n) is 2.51. The van der Waals surface area contributed by atoms with Gasteiger partial charge in [0.25, 0.3) is 0 Å². The average Bonchev–Trinajstić information content (AvgIpc) is 2.52. The van der Waals surface area contributed by atoms with Crippen LogP contribution in [-0.4, -0.2) is 22.7 Å². The standard InChI is InChI=1S/C16H22F2N2S2/c17-14-8-7-12(11-15(14)18)20-16(21)19-9-4-10-22-13-5-2-1-3-6-13/h7-8,11,13H,1-6,9-10H2,(H2,19,20,21). The second-order valence-electron chi connectivity index (χ2n) is 5.49. The highest BCUT2D eigenvalue weighted by Crippen LogP contribution is 2.28. The van der Waals surface area contributed by atoms with Gasteiger partial charge < -0.3 is 10.6 Å². The second kappa shape index (κ2) is 9.30. The Morgan fingerprint density at radius 2 is 1.95 bits per heavy atom. The molecule has 1 saturated carbocycles. The van der Waals surface area contributed by atoms with E-state index in [-0.39, 0.29) is 0 Å². The van der Waals surface area contributed by atoms with Gasteiger partial charge in [0.1, 0.15) is 0 Å². The van der Waals surface area contributed by atoms with Crippen molar-refractivity contribution < 1.29 is 8.78 Å². The largest absolute Gasteiger partial charge is 0.362 e. The number of hydrogen-bond donors (Lipinski definition) is 2. The summed E-state index contributed by atoms with van der Waals surface area (Å²) in [7, 11) is 0. The fraction of sp³-hybridized carbons (Fsp3) is 0.562. The lowest BCUT2D eigenvalue weighted by Crippen LogP contribution is -2.29. The first kappa shape index (κ1) is 17.5. The zero-order valence-corrected chi connectivity index (χ0v) is 14.2. The van der Waals surface area contributed by atoms with Crippen LogP contribution in [0, 0.1) is 11.6 Å². The van der Waals surface area contributed by atoms with Gasteiger partial charge in [-0.3, -0.25) is 0 Å². The summed E-state index contributed by atoms with van der Waals surface area (Å²) >= 11 is 7.20. The van der Waals surface area contributed by atoms with Gasteiger partial charge in [0.2, 0.25) is 0 Å². The van der Waals surface area contributed by atoms with Crippen LogP contribution < -0.4 is 10.6 Å². The zero-order valence-electron chi connectivity index (χ0n) is 12.5. The van der Waals surface area contributed by atoms with Crippen LogP contribution in [0.25, 0.3) is 0 Å². The Kier molecular flexibility index (Phi) is 7.39. The van der Waals surface area contributed by atoms with Crippen molar-refractivity contribution in [1.82, 2.24) is 5.32 Å². The molecule has 0 aromatic heterocycles. The highest BCUT2D eigenvalue weighted by atomic mass is 32.2. The van der Waals surface area contributed by atoms with Crippen LogP contribution in [0.3, 0.4) is 0 Å². The fourth-order valence-corrected chi connectivity index (χ4v) is 4.04. The van der Waals surface area contributed by atoms with Crippen molar-refractivity contribution >= 4 is 34.8 Å². The molecule has 0 radical (unpaired) electrons. The van der Waals surface area contributed by atoms with Crippen molar-refractivity contribution in [3.05, 3.63) is 29.8 Å². The summed E-state index contributed by atoms with van der Waals surface area (Å²) in [5.74, 6) is -0.605. The Bertz CT molecular complexity index is 491. The third kappa shape index (κ3) is 6.08. The van der Waals surface area contributed by atoms with E-state index in [4.69, 9.17) is 12.2 Å². The Morgan fingerprint density at radius 1 is 1.18 bits per heavy atom. The molecule has 6 heteroatoms. The molecule has 0 aliphatic heterocycles. The van der Waals surface area contributed by atoms with E-state index in [0.717, 1.165) is 36.1 Å². The van der Waals surface area contributed by atoms with Gasteiger partial charge in [0.15, 0.2) is 16.7 Å².